The molecule has 4 rings (SSSR count). The third kappa shape index (κ3) is 4.15. The van der Waals surface area contributed by atoms with E-state index >= 15 is 0 Å². The summed E-state index contributed by atoms with van der Waals surface area (Å²) in [5, 5.41) is 23.6. The molecule has 0 fully saturated rings. The summed E-state index contributed by atoms with van der Waals surface area (Å²) >= 11 is 0. The quantitative estimate of drug-likeness (QED) is 0.330. The summed E-state index contributed by atoms with van der Waals surface area (Å²) in [5.74, 6) is 0.231. The number of fused-ring (bicyclic) bond motifs is 1. The maximum absolute atomic E-state index is 12.9. The maximum atomic E-state index is 12.9. The molecule has 0 amide bonds. The van der Waals surface area contributed by atoms with E-state index in [1.165, 1.54) is 12.1 Å². The number of pyridine rings is 1. The summed E-state index contributed by atoms with van der Waals surface area (Å²) in [4.78, 5) is 15.7. The van der Waals surface area contributed by atoms with Gasteiger partial charge in [0.2, 0.25) is 5.96 Å². The number of nitriles is 2. The Morgan fingerprint density at radius 3 is 2.65 bits per heavy atom. The zero-order valence-electron chi connectivity index (χ0n) is 16.9. The first-order valence-electron chi connectivity index (χ1n) is 9.38. The van der Waals surface area contributed by atoms with Crippen molar-refractivity contribution in [2.24, 2.45) is 4.99 Å². The van der Waals surface area contributed by atoms with E-state index in [9.17, 15) is 18.4 Å². The first-order valence-corrected chi connectivity index (χ1v) is 9.38. The van der Waals surface area contributed by atoms with Crippen LogP contribution in [-0.4, -0.2) is 20.9 Å². The number of aliphatic imine (C=N–C) groups is 1. The van der Waals surface area contributed by atoms with Crippen LogP contribution in [0.3, 0.4) is 0 Å². The molecule has 1 aliphatic heterocycles. The summed E-state index contributed by atoms with van der Waals surface area (Å²) in [6.45, 7) is 0. The van der Waals surface area contributed by atoms with Crippen LogP contribution in [0.5, 0.6) is 11.8 Å². The van der Waals surface area contributed by atoms with Crippen LogP contribution in [0.2, 0.25) is 0 Å². The predicted molar refractivity (Wildman–Crippen MR) is 113 cm³/mol. The Morgan fingerprint density at radius 1 is 1.15 bits per heavy atom. The van der Waals surface area contributed by atoms with Crippen molar-refractivity contribution in [3.63, 3.8) is 0 Å². The van der Waals surface area contributed by atoms with E-state index in [0.717, 1.165) is 12.3 Å². The number of hydrogen-bond acceptors (Lipinski definition) is 11. The first-order chi connectivity index (χ1) is 16.2. The Morgan fingerprint density at radius 2 is 1.94 bits per heavy atom. The van der Waals surface area contributed by atoms with Gasteiger partial charge in [-0.15, -0.1) is 0 Å². The van der Waals surface area contributed by atoms with Crippen LogP contribution in [0.1, 0.15) is 28.4 Å². The molecule has 0 saturated heterocycles. The highest BCUT2D eigenvalue weighted by molar-refractivity contribution is 5.98. The van der Waals surface area contributed by atoms with Gasteiger partial charge in [0.1, 0.15) is 35.1 Å². The van der Waals surface area contributed by atoms with Crippen molar-refractivity contribution in [1.82, 2.24) is 20.3 Å². The summed E-state index contributed by atoms with van der Waals surface area (Å²) in [7, 11) is 0. The van der Waals surface area contributed by atoms with E-state index in [1.54, 1.807) is 18.3 Å². The second-order valence-electron chi connectivity index (χ2n) is 6.80. The number of nitrogens with zero attached hydrogens (tertiary/aromatic N) is 6. The lowest BCUT2D eigenvalue weighted by Gasteiger charge is -2.26. The van der Waals surface area contributed by atoms with Crippen LogP contribution in [0, 0.1) is 22.8 Å². The highest BCUT2D eigenvalue weighted by atomic mass is 19.4. The number of nitrogens with one attached hydrogen (secondary N) is 2. The van der Waals surface area contributed by atoms with Gasteiger partial charge < -0.3 is 21.5 Å². The smallest absolute Gasteiger partial charge is 0.424 e. The highest BCUT2D eigenvalue weighted by Gasteiger charge is 2.33. The Balaban J connectivity index is 1.76. The fraction of sp³-hybridized carbons (Fsp3) is 0.100. The Labute approximate surface area is 189 Å². The number of anilines is 3. The zero-order chi connectivity index (χ0) is 24.5. The summed E-state index contributed by atoms with van der Waals surface area (Å²) in [6.07, 6.45) is -1.99. The van der Waals surface area contributed by atoms with Crippen molar-refractivity contribution < 1.29 is 17.9 Å². The third-order valence-corrected chi connectivity index (χ3v) is 4.66. The Hall–Kier alpha value is -5.11. The van der Waals surface area contributed by atoms with Gasteiger partial charge in [-0.25, -0.2) is 15.0 Å². The number of nitrogen functional groups attached to an aromatic ring is 2. The topological polar surface area (TPSA) is 184 Å². The monoisotopic (exact) mass is 466 g/mol. The number of hydrogen-bond donors (Lipinski definition) is 4. The molecule has 1 aromatic carbocycles. The fourth-order valence-electron chi connectivity index (χ4n) is 3.22. The second kappa shape index (κ2) is 8.44. The van der Waals surface area contributed by atoms with Crippen molar-refractivity contribution >= 4 is 23.3 Å². The van der Waals surface area contributed by atoms with Crippen molar-refractivity contribution in [3.05, 3.63) is 58.9 Å². The minimum atomic E-state index is -4.66. The average molecular weight is 466 g/mol. The lowest BCUT2D eigenvalue weighted by atomic mass is 9.95. The van der Waals surface area contributed by atoms with Gasteiger partial charge >= 0.3 is 12.2 Å². The molecule has 1 atom stereocenters. The van der Waals surface area contributed by atoms with Crippen LogP contribution < -0.4 is 26.8 Å². The van der Waals surface area contributed by atoms with Gasteiger partial charge in [-0.05, 0) is 23.8 Å². The van der Waals surface area contributed by atoms with Gasteiger partial charge in [-0.3, -0.25) is 5.32 Å². The number of aromatic nitrogens is 3. The maximum Gasteiger partial charge on any atom is 0.433 e. The molecule has 1 unspecified atom stereocenters. The number of halogens is 3. The van der Waals surface area contributed by atoms with Crippen LogP contribution in [0.4, 0.5) is 30.5 Å². The number of alkyl halides is 3. The van der Waals surface area contributed by atoms with Crippen molar-refractivity contribution in [2.75, 3.05) is 16.8 Å². The lowest BCUT2D eigenvalue weighted by Crippen LogP contribution is -2.32. The predicted octanol–water partition coefficient (Wildman–Crippen LogP) is 2.66. The molecular weight excluding hydrogens is 453 g/mol. The van der Waals surface area contributed by atoms with Crippen molar-refractivity contribution in [1.29, 1.82) is 10.5 Å². The van der Waals surface area contributed by atoms with Gasteiger partial charge in [-0.2, -0.15) is 28.7 Å². The Kier molecular flexibility index (Phi) is 5.48. The molecule has 6 N–H and O–H groups in total. The van der Waals surface area contributed by atoms with Gasteiger partial charge in [0.25, 0.3) is 0 Å². The number of nitrogens with two attached hydrogens (primary N) is 2. The molecule has 3 aromatic rings. The molecule has 0 saturated carbocycles. The number of ether oxygens (including phenoxy) is 1. The average Bonchev–Trinajstić information content (AvgIpc) is 2.79. The normalized spacial score (nSPS) is 14.6. The summed E-state index contributed by atoms with van der Waals surface area (Å²) in [6, 6.07) is 7.44. The van der Waals surface area contributed by atoms with E-state index in [4.69, 9.17) is 21.5 Å². The number of guanidine groups is 1. The van der Waals surface area contributed by atoms with Crippen molar-refractivity contribution in [2.45, 2.75) is 12.2 Å². The number of rotatable bonds is 3. The van der Waals surface area contributed by atoms with Crippen LogP contribution in [0.15, 0.2) is 41.5 Å². The van der Waals surface area contributed by atoms with Gasteiger partial charge in [0.05, 0.1) is 5.69 Å². The molecule has 11 nitrogen and oxygen atoms in total. The molecule has 0 bridgehead atoms. The van der Waals surface area contributed by atoms with E-state index in [2.05, 4.69) is 30.6 Å². The third-order valence-electron chi connectivity index (χ3n) is 4.66. The fourth-order valence-corrected chi connectivity index (χ4v) is 3.22. The summed E-state index contributed by atoms with van der Waals surface area (Å²) < 4.78 is 44.2. The lowest BCUT2D eigenvalue weighted by molar-refractivity contribution is -0.141. The molecule has 0 radical (unpaired) electrons. The van der Waals surface area contributed by atoms with Crippen LogP contribution in [0.25, 0.3) is 0 Å². The van der Waals surface area contributed by atoms with E-state index in [1.807, 2.05) is 6.07 Å². The standard InChI is InChI=1S/C20H13F3N10O/c21-20(22,23)12-4-5-28-19(30-12)34-10-3-1-2-9(6-10)15-13-14(26)11(7-24)16(27)32-17(13)33-18(31-15)29-8-25/h1-6,15H,(H6,26,27,29,31,32,33). The van der Waals surface area contributed by atoms with E-state index < -0.39 is 23.9 Å². The van der Waals surface area contributed by atoms with Crippen LogP contribution in [-0.2, 0) is 6.18 Å². The zero-order valence-corrected chi connectivity index (χ0v) is 16.9. The largest absolute Gasteiger partial charge is 0.433 e. The molecule has 14 heteroatoms. The molecule has 34 heavy (non-hydrogen) atoms. The van der Waals surface area contributed by atoms with Gasteiger partial charge in [0.15, 0.2) is 11.9 Å². The van der Waals surface area contributed by atoms with Crippen LogP contribution >= 0.6 is 0 Å². The highest BCUT2D eigenvalue weighted by Crippen LogP contribution is 2.41. The molecule has 0 spiro atoms. The second-order valence-corrected chi connectivity index (χ2v) is 6.80. The SMILES string of the molecule is N#CNC1=NC(c2cccc(Oc3nccc(C(F)(F)F)n3)c2)c2c(nc(N)c(C#N)c2N)N1. The van der Waals surface area contributed by atoms with E-state index in [0.29, 0.717) is 11.1 Å². The molecule has 170 valence electrons. The minimum absolute atomic E-state index is 0.0368. The molecule has 0 aliphatic carbocycles. The Bertz CT molecular complexity index is 1390. The number of benzene rings is 1. The van der Waals surface area contributed by atoms with Gasteiger partial charge in [-0.1, -0.05) is 12.1 Å². The summed E-state index contributed by atoms with van der Waals surface area (Å²) in [5.41, 5.74) is 11.6. The molecule has 3 heterocycles. The van der Waals surface area contributed by atoms with Crippen molar-refractivity contribution in [3.8, 4) is 24.0 Å². The van der Waals surface area contributed by atoms with Gasteiger partial charge in [0, 0.05) is 11.8 Å². The molecular formula is C20H13F3N10O. The van der Waals surface area contributed by atoms with E-state index in [-0.39, 0.29) is 34.6 Å². The minimum Gasteiger partial charge on any atom is -0.424 e. The molecule has 2 aromatic heterocycles. The molecule has 1 aliphatic rings. The first kappa shape index (κ1) is 22.1.